The molecule has 0 unspecified atom stereocenters. The van der Waals surface area contributed by atoms with Crippen LogP contribution in [0.15, 0.2) is 53.8 Å². The van der Waals surface area contributed by atoms with Gasteiger partial charge in [0.25, 0.3) is 0 Å². The number of hydrogen-bond donors (Lipinski definition) is 1. The number of nitrogens with one attached hydrogen (secondary N) is 1. The first kappa shape index (κ1) is 12.6. The summed E-state index contributed by atoms with van der Waals surface area (Å²) in [5.41, 5.74) is 2.03. The molecule has 0 fully saturated rings. The number of sulfone groups is 1. The molecule has 2 aromatic rings. The molecule has 1 aromatic heterocycles. The number of H-pyrrole nitrogens is 1. The molecule has 0 spiro atoms. The van der Waals surface area contributed by atoms with Crippen LogP contribution in [0.1, 0.15) is 5.56 Å². The summed E-state index contributed by atoms with van der Waals surface area (Å²) in [5.74, 6) is 0.723. The first-order valence-electron chi connectivity index (χ1n) is 5.94. The maximum Gasteiger partial charge on any atom is 0.195 e. The second-order valence-electron chi connectivity index (χ2n) is 4.36. The largest absolute Gasteiger partial charge is 0.348 e. The summed E-state index contributed by atoms with van der Waals surface area (Å²) in [6.07, 6.45) is 4.58. The molecule has 0 bridgehead atoms. The summed E-state index contributed by atoms with van der Waals surface area (Å²) >= 11 is 0. The number of benzene rings is 1. The quantitative estimate of drug-likeness (QED) is 0.929. The lowest BCUT2D eigenvalue weighted by atomic mass is 10.1. The summed E-state index contributed by atoms with van der Waals surface area (Å²) in [5, 5.41) is 8.99. The van der Waals surface area contributed by atoms with Crippen molar-refractivity contribution in [2.45, 2.75) is 6.54 Å². The van der Waals surface area contributed by atoms with Crippen molar-refractivity contribution in [2.24, 2.45) is 0 Å². The fourth-order valence-corrected chi connectivity index (χ4v) is 2.59. The number of rotatable bonds is 3. The Hall–Kier alpha value is -2.41. The van der Waals surface area contributed by atoms with Gasteiger partial charge in [-0.3, -0.25) is 5.10 Å². The predicted molar refractivity (Wildman–Crippen MR) is 74.6 cm³/mol. The average molecular weight is 288 g/mol. The standard InChI is InChI=1S/C13H12N4O2S/c18-20(19)7-5-17(6-8-20)9-11-1-3-12(4-2-11)13-14-10-15-16-13/h1-8,10H,9H2,(H,14,15,16). The molecule has 1 N–H and O–H groups in total. The van der Waals surface area contributed by atoms with Crippen molar-refractivity contribution < 1.29 is 8.42 Å². The Labute approximate surface area is 116 Å². The Morgan fingerprint density at radius 3 is 2.40 bits per heavy atom. The third-order valence-corrected chi connectivity index (χ3v) is 3.89. The van der Waals surface area contributed by atoms with E-state index in [2.05, 4.69) is 15.2 Å². The van der Waals surface area contributed by atoms with Crippen LogP contribution in [0.25, 0.3) is 11.4 Å². The zero-order valence-electron chi connectivity index (χ0n) is 10.5. The van der Waals surface area contributed by atoms with Crippen LogP contribution in [0.4, 0.5) is 0 Å². The van der Waals surface area contributed by atoms with Gasteiger partial charge in [0, 0.05) is 24.5 Å². The number of hydrogen-bond acceptors (Lipinski definition) is 5. The fraction of sp³-hybridized carbons (Fsp3) is 0.0769. The molecule has 6 nitrogen and oxygen atoms in total. The molecule has 0 saturated carbocycles. The lowest BCUT2D eigenvalue weighted by Crippen LogP contribution is -2.13. The van der Waals surface area contributed by atoms with Crippen LogP contribution in [-0.4, -0.2) is 28.5 Å². The molecule has 0 saturated heterocycles. The third-order valence-electron chi connectivity index (χ3n) is 2.89. The molecule has 3 rings (SSSR count). The van der Waals surface area contributed by atoms with E-state index in [1.54, 1.807) is 12.4 Å². The van der Waals surface area contributed by atoms with Gasteiger partial charge in [0.05, 0.1) is 10.8 Å². The summed E-state index contributed by atoms with van der Waals surface area (Å²) < 4.78 is 22.4. The maximum absolute atomic E-state index is 11.2. The van der Waals surface area contributed by atoms with Crippen molar-refractivity contribution in [1.29, 1.82) is 0 Å². The molecule has 102 valence electrons. The summed E-state index contributed by atoms with van der Waals surface area (Å²) in [4.78, 5) is 5.89. The summed E-state index contributed by atoms with van der Waals surface area (Å²) in [6.45, 7) is 0.610. The van der Waals surface area contributed by atoms with Crippen LogP contribution in [0.3, 0.4) is 0 Å². The minimum Gasteiger partial charge on any atom is -0.348 e. The minimum atomic E-state index is -3.17. The van der Waals surface area contributed by atoms with Crippen LogP contribution < -0.4 is 0 Å². The number of nitrogens with zero attached hydrogens (tertiary/aromatic N) is 3. The number of aromatic nitrogens is 3. The maximum atomic E-state index is 11.2. The minimum absolute atomic E-state index is 0.610. The van der Waals surface area contributed by atoms with E-state index in [-0.39, 0.29) is 0 Å². The SMILES string of the molecule is O=S1(=O)C=CN(Cc2ccc(-c3ncn[nH]3)cc2)C=C1. The third kappa shape index (κ3) is 2.77. The van der Waals surface area contributed by atoms with Crippen molar-refractivity contribution in [3.05, 3.63) is 59.4 Å². The lowest BCUT2D eigenvalue weighted by Gasteiger charge is -2.17. The molecule has 1 aliphatic heterocycles. The van der Waals surface area contributed by atoms with Gasteiger partial charge < -0.3 is 4.90 Å². The van der Waals surface area contributed by atoms with Gasteiger partial charge in [-0.1, -0.05) is 24.3 Å². The van der Waals surface area contributed by atoms with E-state index in [0.717, 1.165) is 17.0 Å². The van der Waals surface area contributed by atoms with E-state index in [0.29, 0.717) is 6.54 Å². The highest BCUT2D eigenvalue weighted by Crippen LogP contribution is 2.17. The van der Waals surface area contributed by atoms with E-state index in [1.165, 1.54) is 17.1 Å². The normalized spacial score (nSPS) is 16.5. The molecule has 0 atom stereocenters. The smallest absolute Gasteiger partial charge is 0.195 e. The Morgan fingerprint density at radius 2 is 1.80 bits per heavy atom. The van der Waals surface area contributed by atoms with Crippen LogP contribution in [0.5, 0.6) is 0 Å². The van der Waals surface area contributed by atoms with E-state index in [1.807, 2.05) is 29.2 Å². The van der Waals surface area contributed by atoms with Gasteiger partial charge in [-0.2, -0.15) is 5.10 Å². The molecule has 20 heavy (non-hydrogen) atoms. The van der Waals surface area contributed by atoms with Gasteiger partial charge in [-0.05, 0) is 5.56 Å². The summed E-state index contributed by atoms with van der Waals surface area (Å²) in [6, 6.07) is 7.85. The molecule has 1 aromatic carbocycles. The highest BCUT2D eigenvalue weighted by molar-refractivity contribution is 7.97. The van der Waals surface area contributed by atoms with Gasteiger partial charge in [0.2, 0.25) is 0 Å². The zero-order chi connectivity index (χ0) is 14.0. The average Bonchev–Trinajstić information content (AvgIpc) is 2.96. The zero-order valence-corrected chi connectivity index (χ0v) is 11.3. The summed E-state index contributed by atoms with van der Waals surface area (Å²) in [7, 11) is -3.17. The van der Waals surface area contributed by atoms with Crippen LogP contribution in [-0.2, 0) is 16.4 Å². The molecule has 2 heterocycles. The number of aromatic amines is 1. The highest BCUT2D eigenvalue weighted by Gasteiger charge is 2.08. The van der Waals surface area contributed by atoms with E-state index >= 15 is 0 Å². The Balaban J connectivity index is 1.72. The van der Waals surface area contributed by atoms with E-state index in [4.69, 9.17) is 0 Å². The molecule has 7 heteroatoms. The second-order valence-corrected chi connectivity index (χ2v) is 6.09. The van der Waals surface area contributed by atoms with Gasteiger partial charge >= 0.3 is 0 Å². The monoisotopic (exact) mass is 288 g/mol. The van der Waals surface area contributed by atoms with Crippen LogP contribution in [0, 0.1) is 0 Å². The highest BCUT2D eigenvalue weighted by atomic mass is 32.2. The van der Waals surface area contributed by atoms with Crippen LogP contribution in [0.2, 0.25) is 0 Å². The van der Waals surface area contributed by atoms with Crippen molar-refractivity contribution in [2.75, 3.05) is 0 Å². The Morgan fingerprint density at radius 1 is 1.10 bits per heavy atom. The first-order valence-corrected chi connectivity index (χ1v) is 7.55. The molecule has 0 aliphatic carbocycles. The van der Waals surface area contributed by atoms with Crippen molar-refractivity contribution in [1.82, 2.24) is 20.1 Å². The van der Waals surface area contributed by atoms with Crippen molar-refractivity contribution in [3.8, 4) is 11.4 Å². The Bertz CT molecular complexity index is 726. The van der Waals surface area contributed by atoms with Crippen molar-refractivity contribution in [3.63, 3.8) is 0 Å². The first-order chi connectivity index (χ1) is 9.62. The topological polar surface area (TPSA) is 79.0 Å². The fourth-order valence-electron chi connectivity index (χ4n) is 1.85. The van der Waals surface area contributed by atoms with E-state index in [9.17, 15) is 8.42 Å². The van der Waals surface area contributed by atoms with Crippen LogP contribution >= 0.6 is 0 Å². The lowest BCUT2D eigenvalue weighted by molar-refractivity contribution is 0.498. The van der Waals surface area contributed by atoms with E-state index < -0.39 is 9.84 Å². The molecular weight excluding hydrogens is 276 g/mol. The molecule has 1 aliphatic rings. The predicted octanol–water partition coefficient (Wildman–Crippen LogP) is 1.64. The van der Waals surface area contributed by atoms with Gasteiger partial charge in [-0.25, -0.2) is 13.4 Å². The van der Waals surface area contributed by atoms with Gasteiger partial charge in [-0.15, -0.1) is 0 Å². The molecule has 0 radical (unpaired) electrons. The van der Waals surface area contributed by atoms with Crippen molar-refractivity contribution >= 4 is 9.84 Å². The van der Waals surface area contributed by atoms with Gasteiger partial charge in [0.1, 0.15) is 6.33 Å². The Kier molecular flexibility index (Phi) is 3.11. The van der Waals surface area contributed by atoms with Gasteiger partial charge in [0.15, 0.2) is 15.7 Å². The second kappa shape index (κ2) is 4.93. The molecular formula is C13H12N4O2S. The molecule has 0 amide bonds.